The van der Waals surface area contributed by atoms with Crippen molar-refractivity contribution in [1.29, 1.82) is 0 Å². The third kappa shape index (κ3) is 4.91. The normalized spacial score (nSPS) is 14.8. The first-order valence-corrected chi connectivity index (χ1v) is 9.65. The summed E-state index contributed by atoms with van der Waals surface area (Å²) in [7, 11) is 3.16. The van der Waals surface area contributed by atoms with Crippen LogP contribution in [0.25, 0.3) is 11.5 Å². The predicted octanol–water partition coefficient (Wildman–Crippen LogP) is 3.29. The Balaban J connectivity index is 1.58. The standard InChI is InChI=1S/C18H23N3O4S/c1-23-14-8-12(9-15(10-14)24-2)17-20-21-18(25-17)26-11-16(22)19-13-6-4-3-5-7-13/h8-10,13H,3-7,11H2,1-2H3,(H,19,22). The molecule has 0 radical (unpaired) electrons. The number of carbonyl (C=O) groups is 1. The SMILES string of the molecule is COc1cc(OC)cc(-c2nnc(SCC(=O)NC3CCCCC3)o2)c1. The van der Waals surface area contributed by atoms with Crippen LogP contribution in [0.5, 0.6) is 11.5 Å². The fourth-order valence-electron chi connectivity index (χ4n) is 2.96. The fraction of sp³-hybridized carbons (Fsp3) is 0.500. The van der Waals surface area contributed by atoms with E-state index in [0.717, 1.165) is 12.8 Å². The van der Waals surface area contributed by atoms with Crippen molar-refractivity contribution in [1.82, 2.24) is 15.5 Å². The Labute approximate surface area is 156 Å². The molecule has 7 nitrogen and oxygen atoms in total. The zero-order valence-corrected chi connectivity index (χ0v) is 15.8. The van der Waals surface area contributed by atoms with Gasteiger partial charge in [0.1, 0.15) is 11.5 Å². The summed E-state index contributed by atoms with van der Waals surface area (Å²) in [6, 6.07) is 5.66. The average Bonchev–Trinajstić information content (AvgIpc) is 3.16. The number of methoxy groups -OCH3 is 2. The minimum atomic E-state index is 0.00435. The first kappa shape index (κ1) is 18.6. The summed E-state index contributed by atoms with van der Waals surface area (Å²) in [6.45, 7) is 0. The molecule has 1 aromatic heterocycles. The predicted molar refractivity (Wildman–Crippen MR) is 98.6 cm³/mol. The molecule has 0 aliphatic heterocycles. The number of carbonyl (C=O) groups excluding carboxylic acids is 1. The smallest absolute Gasteiger partial charge is 0.277 e. The summed E-state index contributed by atoms with van der Waals surface area (Å²) in [5.41, 5.74) is 0.701. The lowest BCUT2D eigenvalue weighted by Gasteiger charge is -2.22. The molecule has 0 unspecified atom stereocenters. The Morgan fingerprint density at radius 2 is 1.85 bits per heavy atom. The van der Waals surface area contributed by atoms with Crippen molar-refractivity contribution >= 4 is 17.7 Å². The van der Waals surface area contributed by atoms with Crippen LogP contribution in [0.4, 0.5) is 0 Å². The minimum Gasteiger partial charge on any atom is -0.497 e. The van der Waals surface area contributed by atoms with Gasteiger partial charge in [0, 0.05) is 17.7 Å². The molecule has 0 atom stereocenters. The van der Waals surface area contributed by atoms with Crippen LogP contribution in [-0.2, 0) is 4.79 Å². The highest BCUT2D eigenvalue weighted by atomic mass is 32.2. The van der Waals surface area contributed by atoms with Gasteiger partial charge in [-0.3, -0.25) is 4.79 Å². The summed E-state index contributed by atoms with van der Waals surface area (Å²) in [5, 5.41) is 11.5. The number of rotatable bonds is 7. The average molecular weight is 377 g/mol. The molecule has 8 heteroatoms. The van der Waals surface area contributed by atoms with E-state index in [1.54, 1.807) is 32.4 Å². The summed E-state index contributed by atoms with van der Waals surface area (Å²) < 4.78 is 16.2. The van der Waals surface area contributed by atoms with E-state index in [0.29, 0.717) is 34.2 Å². The highest BCUT2D eigenvalue weighted by Crippen LogP contribution is 2.30. The molecule has 1 heterocycles. The van der Waals surface area contributed by atoms with Crippen LogP contribution < -0.4 is 14.8 Å². The van der Waals surface area contributed by atoms with Gasteiger partial charge < -0.3 is 19.2 Å². The van der Waals surface area contributed by atoms with Gasteiger partial charge in [-0.2, -0.15) is 0 Å². The maximum Gasteiger partial charge on any atom is 0.277 e. The lowest BCUT2D eigenvalue weighted by molar-refractivity contribution is -0.119. The first-order chi connectivity index (χ1) is 12.7. The molecule has 0 saturated heterocycles. The van der Waals surface area contributed by atoms with Crippen molar-refractivity contribution in [3.8, 4) is 23.0 Å². The molecule has 1 saturated carbocycles. The van der Waals surface area contributed by atoms with Crippen molar-refractivity contribution < 1.29 is 18.7 Å². The minimum absolute atomic E-state index is 0.00435. The topological polar surface area (TPSA) is 86.5 Å². The van der Waals surface area contributed by atoms with Gasteiger partial charge in [-0.1, -0.05) is 31.0 Å². The second-order valence-corrected chi connectivity index (χ2v) is 7.09. The molecule has 0 spiro atoms. The van der Waals surface area contributed by atoms with Crippen molar-refractivity contribution in [2.45, 2.75) is 43.4 Å². The van der Waals surface area contributed by atoms with Crippen LogP contribution in [0.2, 0.25) is 0 Å². The van der Waals surface area contributed by atoms with Gasteiger partial charge in [0.15, 0.2) is 0 Å². The zero-order valence-electron chi connectivity index (χ0n) is 15.0. The number of aromatic nitrogens is 2. The number of hydrogen-bond donors (Lipinski definition) is 1. The largest absolute Gasteiger partial charge is 0.497 e. The number of nitrogens with zero attached hydrogens (tertiary/aromatic N) is 2. The number of thioether (sulfide) groups is 1. The summed E-state index contributed by atoms with van der Waals surface area (Å²) >= 11 is 1.24. The van der Waals surface area contributed by atoms with Gasteiger partial charge in [-0.05, 0) is 25.0 Å². The molecule has 1 aliphatic carbocycles. The van der Waals surface area contributed by atoms with E-state index in [1.165, 1.54) is 31.0 Å². The van der Waals surface area contributed by atoms with Gasteiger partial charge >= 0.3 is 0 Å². The van der Waals surface area contributed by atoms with Crippen molar-refractivity contribution in [3.05, 3.63) is 18.2 Å². The van der Waals surface area contributed by atoms with E-state index in [4.69, 9.17) is 13.9 Å². The van der Waals surface area contributed by atoms with Crippen LogP contribution in [0.3, 0.4) is 0 Å². The molecule has 1 N–H and O–H groups in total. The quantitative estimate of drug-likeness (QED) is 0.741. The Hall–Kier alpha value is -2.22. The number of nitrogens with one attached hydrogen (secondary N) is 1. The van der Waals surface area contributed by atoms with E-state index < -0.39 is 0 Å². The number of amides is 1. The number of benzene rings is 1. The molecule has 3 rings (SSSR count). The molecule has 140 valence electrons. The van der Waals surface area contributed by atoms with E-state index in [-0.39, 0.29) is 11.7 Å². The van der Waals surface area contributed by atoms with Crippen LogP contribution in [0.1, 0.15) is 32.1 Å². The van der Waals surface area contributed by atoms with Crippen LogP contribution in [-0.4, -0.2) is 42.1 Å². The van der Waals surface area contributed by atoms with Crippen LogP contribution >= 0.6 is 11.8 Å². The lowest BCUT2D eigenvalue weighted by atomic mass is 9.95. The molecule has 1 aliphatic rings. The van der Waals surface area contributed by atoms with Crippen molar-refractivity contribution in [3.63, 3.8) is 0 Å². The van der Waals surface area contributed by atoms with Gasteiger partial charge in [0.25, 0.3) is 5.22 Å². The number of hydrogen-bond acceptors (Lipinski definition) is 7. The molecular weight excluding hydrogens is 354 g/mol. The molecule has 2 aromatic rings. The van der Waals surface area contributed by atoms with Crippen LogP contribution in [0, 0.1) is 0 Å². The van der Waals surface area contributed by atoms with E-state index in [1.807, 2.05) is 0 Å². The van der Waals surface area contributed by atoms with Crippen molar-refractivity contribution in [2.75, 3.05) is 20.0 Å². The lowest BCUT2D eigenvalue weighted by Crippen LogP contribution is -2.37. The summed E-state index contributed by atoms with van der Waals surface area (Å²) in [4.78, 5) is 12.1. The van der Waals surface area contributed by atoms with E-state index >= 15 is 0 Å². The maximum atomic E-state index is 12.1. The van der Waals surface area contributed by atoms with E-state index in [2.05, 4.69) is 15.5 Å². The van der Waals surface area contributed by atoms with Gasteiger partial charge in [-0.15, -0.1) is 10.2 Å². The second kappa shape index (κ2) is 8.93. The zero-order chi connectivity index (χ0) is 18.4. The highest BCUT2D eigenvalue weighted by molar-refractivity contribution is 7.99. The Morgan fingerprint density at radius 1 is 1.15 bits per heavy atom. The molecule has 1 fully saturated rings. The molecule has 26 heavy (non-hydrogen) atoms. The Bertz CT molecular complexity index is 722. The first-order valence-electron chi connectivity index (χ1n) is 8.67. The molecule has 1 amide bonds. The van der Waals surface area contributed by atoms with Gasteiger partial charge in [0.2, 0.25) is 11.8 Å². The Kier molecular flexibility index (Phi) is 6.38. The molecule has 0 bridgehead atoms. The van der Waals surface area contributed by atoms with Gasteiger partial charge in [0.05, 0.1) is 20.0 Å². The van der Waals surface area contributed by atoms with Crippen molar-refractivity contribution in [2.24, 2.45) is 0 Å². The van der Waals surface area contributed by atoms with Gasteiger partial charge in [-0.25, -0.2) is 0 Å². The second-order valence-electron chi connectivity index (χ2n) is 6.17. The third-order valence-corrected chi connectivity index (χ3v) is 5.12. The summed E-state index contributed by atoms with van der Waals surface area (Å²) in [5.74, 6) is 1.90. The monoisotopic (exact) mass is 377 g/mol. The fourth-order valence-corrected chi connectivity index (χ4v) is 3.53. The molecular formula is C18H23N3O4S. The highest BCUT2D eigenvalue weighted by Gasteiger charge is 2.17. The Morgan fingerprint density at radius 3 is 2.50 bits per heavy atom. The van der Waals surface area contributed by atoms with Crippen LogP contribution in [0.15, 0.2) is 27.8 Å². The third-order valence-electron chi connectivity index (χ3n) is 4.30. The van der Waals surface area contributed by atoms with E-state index in [9.17, 15) is 4.79 Å². The summed E-state index contributed by atoms with van der Waals surface area (Å²) in [6.07, 6.45) is 5.78. The maximum absolute atomic E-state index is 12.1. The number of ether oxygens (including phenoxy) is 2. The molecule has 1 aromatic carbocycles.